The Kier molecular flexibility index (Phi) is 3.30. The number of nitrogens with one attached hydrogen (secondary N) is 1. The number of anilines is 3. The van der Waals surface area contributed by atoms with E-state index in [-0.39, 0.29) is 0 Å². The molecular formula is C14H13N3O2S. The zero-order chi connectivity index (χ0) is 13.9. The summed E-state index contributed by atoms with van der Waals surface area (Å²) in [6, 6.07) is 9.16. The third-order valence-electron chi connectivity index (χ3n) is 2.74. The molecule has 0 spiro atoms. The average molecular weight is 287 g/mol. The number of aromatic nitrogens is 1. The van der Waals surface area contributed by atoms with E-state index in [9.17, 15) is 0 Å². The number of nitrogens with zero attached hydrogens (tertiary/aromatic N) is 1. The Morgan fingerprint density at radius 2 is 2.25 bits per heavy atom. The fourth-order valence-corrected chi connectivity index (χ4v) is 2.51. The van der Waals surface area contributed by atoms with Crippen molar-refractivity contribution in [2.45, 2.75) is 0 Å². The van der Waals surface area contributed by atoms with Crippen LogP contribution in [0.4, 0.5) is 16.5 Å². The van der Waals surface area contributed by atoms with E-state index in [1.807, 2.05) is 29.6 Å². The highest BCUT2D eigenvalue weighted by Gasteiger charge is 2.09. The van der Waals surface area contributed by atoms with Crippen molar-refractivity contribution < 1.29 is 9.15 Å². The van der Waals surface area contributed by atoms with E-state index in [0.29, 0.717) is 11.4 Å². The molecule has 102 valence electrons. The zero-order valence-electron chi connectivity index (χ0n) is 10.8. The highest BCUT2D eigenvalue weighted by atomic mass is 32.1. The number of methoxy groups -OCH3 is 1. The fourth-order valence-electron chi connectivity index (χ4n) is 1.79. The second-order valence-electron chi connectivity index (χ2n) is 4.10. The molecule has 0 amide bonds. The van der Waals surface area contributed by atoms with Gasteiger partial charge in [0.05, 0.1) is 19.1 Å². The van der Waals surface area contributed by atoms with Crippen molar-refractivity contribution in [2.24, 2.45) is 0 Å². The van der Waals surface area contributed by atoms with Crippen molar-refractivity contribution in [1.29, 1.82) is 0 Å². The van der Waals surface area contributed by atoms with Crippen molar-refractivity contribution in [1.82, 2.24) is 4.98 Å². The molecule has 0 atom stereocenters. The molecular weight excluding hydrogens is 274 g/mol. The van der Waals surface area contributed by atoms with Crippen LogP contribution in [0.5, 0.6) is 5.75 Å². The Morgan fingerprint density at radius 1 is 1.35 bits per heavy atom. The first kappa shape index (κ1) is 12.6. The Hall–Kier alpha value is -2.47. The number of benzene rings is 1. The van der Waals surface area contributed by atoms with Gasteiger partial charge in [-0.1, -0.05) is 0 Å². The zero-order valence-corrected chi connectivity index (χ0v) is 11.6. The lowest BCUT2D eigenvalue weighted by molar-refractivity contribution is 0.417. The summed E-state index contributed by atoms with van der Waals surface area (Å²) in [6.07, 6.45) is 1.63. The van der Waals surface area contributed by atoms with Crippen molar-refractivity contribution in [3.63, 3.8) is 0 Å². The van der Waals surface area contributed by atoms with Crippen molar-refractivity contribution in [3.8, 4) is 17.2 Å². The summed E-state index contributed by atoms with van der Waals surface area (Å²) in [5, 5.41) is 5.92. The van der Waals surface area contributed by atoms with Gasteiger partial charge in [0.2, 0.25) is 0 Å². The van der Waals surface area contributed by atoms with Crippen LogP contribution in [0.25, 0.3) is 11.5 Å². The normalized spacial score (nSPS) is 10.4. The van der Waals surface area contributed by atoms with E-state index in [1.165, 1.54) is 11.3 Å². The second-order valence-corrected chi connectivity index (χ2v) is 4.96. The Balaban J connectivity index is 1.85. The van der Waals surface area contributed by atoms with Crippen LogP contribution in [-0.2, 0) is 0 Å². The first-order valence-electron chi connectivity index (χ1n) is 5.96. The monoisotopic (exact) mass is 287 g/mol. The Morgan fingerprint density at radius 3 is 3.00 bits per heavy atom. The third-order valence-corrected chi connectivity index (χ3v) is 3.50. The maximum atomic E-state index is 5.73. The van der Waals surface area contributed by atoms with E-state index >= 15 is 0 Å². The number of rotatable bonds is 4. The molecule has 0 aliphatic heterocycles. The number of furan rings is 1. The van der Waals surface area contributed by atoms with Gasteiger partial charge in [0.25, 0.3) is 0 Å². The summed E-state index contributed by atoms with van der Waals surface area (Å²) >= 11 is 1.50. The molecule has 3 rings (SSSR count). The quantitative estimate of drug-likeness (QED) is 0.715. The summed E-state index contributed by atoms with van der Waals surface area (Å²) in [6.45, 7) is 0. The van der Waals surface area contributed by atoms with Crippen LogP contribution in [0.15, 0.2) is 46.4 Å². The molecule has 0 bridgehead atoms. The fraction of sp³-hybridized carbons (Fsp3) is 0.0714. The van der Waals surface area contributed by atoms with E-state index in [2.05, 4.69) is 10.3 Å². The lowest BCUT2D eigenvalue weighted by atomic mass is 10.2. The number of thiazole rings is 1. The van der Waals surface area contributed by atoms with Gasteiger partial charge < -0.3 is 20.2 Å². The van der Waals surface area contributed by atoms with Gasteiger partial charge in [0.1, 0.15) is 11.4 Å². The molecule has 2 heterocycles. The molecule has 0 aliphatic carbocycles. The van der Waals surface area contributed by atoms with Gasteiger partial charge in [-0.05, 0) is 24.3 Å². The maximum Gasteiger partial charge on any atom is 0.187 e. The Labute approximate surface area is 120 Å². The first-order chi connectivity index (χ1) is 9.76. The van der Waals surface area contributed by atoms with Crippen LogP contribution in [-0.4, -0.2) is 12.1 Å². The number of nitrogens with two attached hydrogens (primary N) is 1. The minimum atomic E-state index is 0.655. The molecule has 3 N–H and O–H groups in total. The third kappa shape index (κ3) is 2.46. The van der Waals surface area contributed by atoms with E-state index in [0.717, 1.165) is 22.3 Å². The summed E-state index contributed by atoms with van der Waals surface area (Å²) in [5.41, 5.74) is 8.01. The highest BCUT2D eigenvalue weighted by Crippen LogP contribution is 2.32. The van der Waals surface area contributed by atoms with Crippen LogP contribution in [0.2, 0.25) is 0 Å². The highest BCUT2D eigenvalue weighted by molar-refractivity contribution is 7.14. The molecule has 0 radical (unpaired) electrons. The van der Waals surface area contributed by atoms with Gasteiger partial charge in [0, 0.05) is 17.1 Å². The van der Waals surface area contributed by atoms with Crippen LogP contribution >= 0.6 is 11.3 Å². The lowest BCUT2D eigenvalue weighted by Gasteiger charge is -2.09. The van der Waals surface area contributed by atoms with Gasteiger partial charge in [-0.3, -0.25) is 0 Å². The van der Waals surface area contributed by atoms with Crippen molar-refractivity contribution >= 4 is 27.8 Å². The van der Waals surface area contributed by atoms with Crippen LogP contribution in [0, 0.1) is 0 Å². The summed E-state index contributed by atoms with van der Waals surface area (Å²) in [4.78, 5) is 4.47. The minimum absolute atomic E-state index is 0.655. The smallest absolute Gasteiger partial charge is 0.187 e. The molecule has 0 saturated heterocycles. The molecule has 20 heavy (non-hydrogen) atoms. The number of hydrogen-bond acceptors (Lipinski definition) is 6. The average Bonchev–Trinajstić information content (AvgIpc) is 3.11. The molecule has 0 aliphatic rings. The van der Waals surface area contributed by atoms with Crippen LogP contribution in [0.1, 0.15) is 0 Å². The molecule has 5 nitrogen and oxygen atoms in total. The molecule has 6 heteroatoms. The minimum Gasteiger partial charge on any atom is -0.494 e. The number of nitrogen functional groups attached to an aromatic ring is 1. The molecule has 3 aromatic rings. The second kappa shape index (κ2) is 5.26. The van der Waals surface area contributed by atoms with Crippen LogP contribution < -0.4 is 15.8 Å². The molecule has 2 aromatic heterocycles. The Bertz CT molecular complexity index is 707. The maximum absolute atomic E-state index is 5.73. The predicted molar refractivity (Wildman–Crippen MR) is 80.5 cm³/mol. The van der Waals surface area contributed by atoms with Gasteiger partial charge in [-0.25, -0.2) is 4.98 Å². The molecule has 0 fully saturated rings. The molecule has 0 saturated carbocycles. The topological polar surface area (TPSA) is 73.3 Å². The SMILES string of the molecule is COc1cc(N)ccc1Nc1nc(-c2ccco2)cs1. The summed E-state index contributed by atoms with van der Waals surface area (Å²) in [7, 11) is 1.61. The first-order valence-corrected chi connectivity index (χ1v) is 6.84. The van der Waals surface area contributed by atoms with Crippen molar-refractivity contribution in [2.75, 3.05) is 18.2 Å². The number of ether oxygens (including phenoxy) is 1. The van der Waals surface area contributed by atoms with E-state index in [1.54, 1.807) is 19.4 Å². The van der Waals surface area contributed by atoms with E-state index in [4.69, 9.17) is 14.9 Å². The number of hydrogen-bond donors (Lipinski definition) is 2. The predicted octanol–water partition coefficient (Wildman–Crippen LogP) is 3.74. The standard InChI is InChI=1S/C14H13N3O2S/c1-18-13-7-9(15)4-5-10(13)16-14-17-11(8-20-14)12-3-2-6-19-12/h2-8H,15H2,1H3,(H,16,17). The van der Waals surface area contributed by atoms with Gasteiger partial charge >= 0.3 is 0 Å². The summed E-state index contributed by atoms with van der Waals surface area (Å²) < 4.78 is 10.6. The van der Waals surface area contributed by atoms with Gasteiger partial charge in [-0.2, -0.15) is 0 Å². The van der Waals surface area contributed by atoms with E-state index < -0.39 is 0 Å². The molecule has 1 aromatic carbocycles. The summed E-state index contributed by atoms with van der Waals surface area (Å²) in [5.74, 6) is 1.43. The van der Waals surface area contributed by atoms with Crippen molar-refractivity contribution in [3.05, 3.63) is 42.0 Å². The lowest BCUT2D eigenvalue weighted by Crippen LogP contribution is -1.95. The largest absolute Gasteiger partial charge is 0.494 e. The molecule has 0 unspecified atom stereocenters. The van der Waals surface area contributed by atoms with Gasteiger partial charge in [-0.15, -0.1) is 11.3 Å². The van der Waals surface area contributed by atoms with Gasteiger partial charge in [0.15, 0.2) is 10.9 Å². The van der Waals surface area contributed by atoms with Crippen LogP contribution in [0.3, 0.4) is 0 Å².